The number of benzene rings is 1. The van der Waals surface area contributed by atoms with E-state index in [0.29, 0.717) is 36.0 Å². The fraction of sp³-hybridized carbons (Fsp3) is 0.263. The SMILES string of the molecule is Cc1ccnn1-c1ccc(C(=O)N2CCN(S(=O)(=O)c3cccs3)CC2)cc1. The van der Waals surface area contributed by atoms with Crippen molar-refractivity contribution in [1.82, 2.24) is 19.0 Å². The first-order valence-corrected chi connectivity index (χ1v) is 11.2. The number of nitrogens with zero attached hydrogens (tertiary/aromatic N) is 4. The first kappa shape index (κ1) is 18.9. The van der Waals surface area contributed by atoms with Gasteiger partial charge in [-0.2, -0.15) is 9.40 Å². The normalized spacial score (nSPS) is 15.7. The van der Waals surface area contributed by atoms with Crippen LogP contribution in [0.15, 0.2) is 58.3 Å². The van der Waals surface area contributed by atoms with E-state index in [0.717, 1.165) is 11.4 Å². The number of hydrogen-bond donors (Lipinski definition) is 0. The van der Waals surface area contributed by atoms with Gasteiger partial charge in [0.25, 0.3) is 15.9 Å². The molecule has 1 aliphatic rings. The fourth-order valence-electron chi connectivity index (χ4n) is 3.24. The van der Waals surface area contributed by atoms with Crippen molar-refractivity contribution in [2.45, 2.75) is 11.1 Å². The molecule has 0 spiro atoms. The molecule has 1 fully saturated rings. The lowest BCUT2D eigenvalue weighted by atomic mass is 10.1. The first-order chi connectivity index (χ1) is 13.5. The largest absolute Gasteiger partial charge is 0.336 e. The summed E-state index contributed by atoms with van der Waals surface area (Å²) in [5.41, 5.74) is 2.50. The van der Waals surface area contributed by atoms with E-state index < -0.39 is 10.0 Å². The van der Waals surface area contributed by atoms with Crippen molar-refractivity contribution in [3.63, 3.8) is 0 Å². The minimum atomic E-state index is -3.46. The molecule has 0 bridgehead atoms. The molecule has 4 rings (SSSR count). The molecular formula is C19H20N4O3S2. The molecule has 3 heterocycles. The lowest BCUT2D eigenvalue weighted by molar-refractivity contribution is 0.0698. The first-order valence-electron chi connectivity index (χ1n) is 8.91. The molecule has 146 valence electrons. The van der Waals surface area contributed by atoms with Gasteiger partial charge in [-0.15, -0.1) is 11.3 Å². The van der Waals surface area contributed by atoms with Crippen LogP contribution in [0, 0.1) is 6.92 Å². The van der Waals surface area contributed by atoms with E-state index >= 15 is 0 Å². The molecule has 1 aromatic carbocycles. The summed E-state index contributed by atoms with van der Waals surface area (Å²) in [5, 5.41) is 6.01. The Balaban J connectivity index is 1.42. The van der Waals surface area contributed by atoms with Gasteiger partial charge in [-0.3, -0.25) is 4.79 Å². The number of hydrogen-bond acceptors (Lipinski definition) is 5. The zero-order chi connectivity index (χ0) is 19.7. The average Bonchev–Trinajstić information content (AvgIpc) is 3.40. The lowest BCUT2D eigenvalue weighted by Crippen LogP contribution is -2.50. The maximum absolute atomic E-state index is 12.8. The number of aromatic nitrogens is 2. The van der Waals surface area contributed by atoms with E-state index in [1.807, 2.05) is 29.8 Å². The molecule has 0 unspecified atom stereocenters. The summed E-state index contributed by atoms with van der Waals surface area (Å²) in [7, 11) is -3.46. The van der Waals surface area contributed by atoms with Crippen molar-refractivity contribution in [1.29, 1.82) is 0 Å². The highest BCUT2D eigenvalue weighted by molar-refractivity contribution is 7.91. The van der Waals surface area contributed by atoms with Crippen LogP contribution in [0.4, 0.5) is 0 Å². The molecule has 0 atom stereocenters. The number of sulfonamides is 1. The van der Waals surface area contributed by atoms with Crippen molar-refractivity contribution in [3.05, 3.63) is 65.3 Å². The highest BCUT2D eigenvalue weighted by Crippen LogP contribution is 2.22. The summed E-state index contributed by atoms with van der Waals surface area (Å²) in [4.78, 5) is 14.5. The summed E-state index contributed by atoms with van der Waals surface area (Å²) >= 11 is 1.21. The zero-order valence-corrected chi connectivity index (χ0v) is 17.0. The molecule has 1 amide bonds. The maximum atomic E-state index is 12.8. The highest BCUT2D eigenvalue weighted by atomic mass is 32.2. The van der Waals surface area contributed by atoms with E-state index in [1.54, 1.807) is 40.7 Å². The second kappa shape index (κ2) is 7.50. The van der Waals surface area contributed by atoms with Gasteiger partial charge >= 0.3 is 0 Å². The Morgan fingerprint density at radius 2 is 1.75 bits per heavy atom. The number of thiophene rings is 1. The third kappa shape index (κ3) is 3.48. The molecule has 7 nitrogen and oxygen atoms in total. The molecule has 1 aliphatic heterocycles. The van der Waals surface area contributed by atoms with Crippen molar-refractivity contribution < 1.29 is 13.2 Å². The number of aryl methyl sites for hydroxylation is 1. The molecule has 0 N–H and O–H groups in total. The average molecular weight is 417 g/mol. The zero-order valence-electron chi connectivity index (χ0n) is 15.4. The third-order valence-electron chi connectivity index (χ3n) is 4.81. The standard InChI is InChI=1S/C19H20N4O3S2/c1-15-8-9-20-23(15)17-6-4-16(5-7-17)19(24)21-10-12-22(13-11-21)28(25,26)18-3-2-14-27-18/h2-9,14H,10-13H2,1H3. The van der Waals surface area contributed by atoms with Crippen molar-refractivity contribution in [2.75, 3.05) is 26.2 Å². The van der Waals surface area contributed by atoms with E-state index in [1.165, 1.54) is 15.6 Å². The van der Waals surface area contributed by atoms with Gasteiger partial charge in [0.2, 0.25) is 0 Å². The van der Waals surface area contributed by atoms with Crippen LogP contribution in [0.3, 0.4) is 0 Å². The quantitative estimate of drug-likeness (QED) is 0.654. The van der Waals surface area contributed by atoms with Crippen molar-refractivity contribution >= 4 is 27.3 Å². The van der Waals surface area contributed by atoms with Crippen LogP contribution in [0.2, 0.25) is 0 Å². The second-order valence-corrected chi connectivity index (χ2v) is 9.67. The molecule has 3 aromatic rings. The van der Waals surface area contributed by atoms with Gasteiger partial charge < -0.3 is 4.90 Å². The van der Waals surface area contributed by atoms with Gasteiger partial charge in [0.15, 0.2) is 0 Å². The molecule has 2 aromatic heterocycles. The number of carbonyl (C=O) groups is 1. The number of rotatable bonds is 4. The summed E-state index contributed by atoms with van der Waals surface area (Å²) < 4.78 is 28.8. The topological polar surface area (TPSA) is 75.5 Å². The number of amides is 1. The predicted octanol–water partition coefficient (Wildman–Crippen LogP) is 2.39. The predicted molar refractivity (Wildman–Crippen MR) is 107 cm³/mol. The summed E-state index contributed by atoms with van der Waals surface area (Å²) in [6, 6.07) is 12.6. The molecule has 0 saturated carbocycles. The summed E-state index contributed by atoms with van der Waals surface area (Å²) in [6.07, 6.45) is 1.73. The maximum Gasteiger partial charge on any atom is 0.253 e. The van der Waals surface area contributed by atoms with Gasteiger partial charge in [0.1, 0.15) is 4.21 Å². The van der Waals surface area contributed by atoms with Crippen LogP contribution >= 0.6 is 11.3 Å². The van der Waals surface area contributed by atoms with Gasteiger partial charge in [-0.25, -0.2) is 13.1 Å². The molecule has 0 radical (unpaired) electrons. The number of piperazine rings is 1. The van der Waals surface area contributed by atoms with Gasteiger partial charge in [-0.1, -0.05) is 6.07 Å². The monoisotopic (exact) mass is 416 g/mol. The molecule has 0 aliphatic carbocycles. The van der Waals surface area contributed by atoms with E-state index in [9.17, 15) is 13.2 Å². The highest BCUT2D eigenvalue weighted by Gasteiger charge is 2.30. The van der Waals surface area contributed by atoms with E-state index in [2.05, 4.69) is 5.10 Å². The summed E-state index contributed by atoms with van der Waals surface area (Å²) in [5.74, 6) is -0.0862. The Morgan fingerprint density at radius 1 is 1.04 bits per heavy atom. The third-order valence-corrected chi connectivity index (χ3v) is 8.08. The lowest BCUT2D eigenvalue weighted by Gasteiger charge is -2.33. The molecule has 9 heteroatoms. The summed E-state index contributed by atoms with van der Waals surface area (Å²) in [6.45, 7) is 3.33. The fourth-order valence-corrected chi connectivity index (χ4v) is 5.80. The number of carbonyl (C=O) groups excluding carboxylic acids is 1. The van der Waals surface area contributed by atoms with Crippen LogP contribution in [0.25, 0.3) is 5.69 Å². The van der Waals surface area contributed by atoms with E-state index in [-0.39, 0.29) is 5.91 Å². The molecule has 1 saturated heterocycles. The van der Waals surface area contributed by atoms with Crippen LogP contribution < -0.4 is 0 Å². The van der Waals surface area contributed by atoms with Gasteiger partial charge in [0, 0.05) is 43.6 Å². The van der Waals surface area contributed by atoms with Crippen LogP contribution in [-0.2, 0) is 10.0 Å². The van der Waals surface area contributed by atoms with Crippen molar-refractivity contribution in [2.24, 2.45) is 0 Å². The van der Waals surface area contributed by atoms with Crippen molar-refractivity contribution in [3.8, 4) is 5.69 Å². The Bertz CT molecular complexity index is 1060. The molecule has 28 heavy (non-hydrogen) atoms. The van der Waals surface area contributed by atoms with Crippen LogP contribution in [-0.4, -0.2) is 59.5 Å². The smallest absolute Gasteiger partial charge is 0.253 e. The van der Waals surface area contributed by atoms with E-state index in [4.69, 9.17) is 0 Å². The Morgan fingerprint density at radius 3 is 2.32 bits per heavy atom. The second-order valence-electron chi connectivity index (χ2n) is 6.56. The van der Waals surface area contributed by atoms with Gasteiger partial charge in [-0.05, 0) is 48.7 Å². The Labute approximate surface area is 167 Å². The Kier molecular flexibility index (Phi) is 5.05. The molecular weight excluding hydrogens is 396 g/mol. The van der Waals surface area contributed by atoms with Crippen LogP contribution in [0.5, 0.6) is 0 Å². The minimum absolute atomic E-state index is 0.0862. The minimum Gasteiger partial charge on any atom is -0.336 e. The van der Waals surface area contributed by atoms with Gasteiger partial charge in [0.05, 0.1) is 5.69 Å². The van der Waals surface area contributed by atoms with Crippen LogP contribution in [0.1, 0.15) is 16.1 Å². The Hall–Kier alpha value is -2.49.